The first kappa shape index (κ1) is 5.06. The van der Waals surface area contributed by atoms with E-state index in [1.165, 1.54) is 0 Å². The van der Waals surface area contributed by atoms with Gasteiger partial charge in [-0.2, -0.15) is 0 Å². The lowest BCUT2D eigenvalue weighted by atomic mass is 10.1. The minimum Gasteiger partial charge on any atom is -0.385 e. The molecule has 1 heterocycles. The van der Waals surface area contributed by atoms with Crippen molar-refractivity contribution in [2.75, 3.05) is 13.1 Å². The molecule has 0 unspecified atom stereocenters. The van der Waals surface area contributed by atoms with Crippen LogP contribution in [-0.4, -0.2) is 18.2 Å². The summed E-state index contributed by atoms with van der Waals surface area (Å²) in [5.41, 5.74) is 0. The van der Waals surface area contributed by atoms with Crippen LogP contribution in [0.3, 0.4) is 0 Å². The molecule has 1 fully saturated rings. The number of hydrogen-bond donors (Lipinski definition) is 2. The van der Waals surface area contributed by atoms with Crippen LogP contribution in [0.15, 0.2) is 0 Å². The lowest BCUT2D eigenvalue weighted by Crippen LogP contribution is -2.27. The third-order valence-corrected chi connectivity index (χ3v) is 1.15. The topological polar surface area (TPSA) is 32.3 Å². The lowest BCUT2D eigenvalue weighted by Gasteiger charge is -2.15. The molecule has 1 aliphatic rings. The Balaban J connectivity index is 2.12. The average Bonchev–Trinajstić information content (AvgIpc) is 1.69. The Kier molecular flexibility index (Phi) is 1.65. The molecule has 2 nitrogen and oxygen atoms in total. The highest BCUT2D eigenvalue weighted by Gasteiger charge is 2.08. The van der Waals surface area contributed by atoms with E-state index < -0.39 is 0 Å². The zero-order valence-corrected chi connectivity index (χ0v) is 4.28. The van der Waals surface area contributed by atoms with E-state index in [1.807, 2.05) is 0 Å². The SMILES string of the molecule is O[C]1CCCNC1. The summed E-state index contributed by atoms with van der Waals surface area (Å²) in [7, 11) is 0. The molecule has 2 N–H and O–H groups in total. The summed E-state index contributed by atoms with van der Waals surface area (Å²) in [5.74, 6) is 0. The molecule has 0 aromatic rings. The molecular formula is C5H10NO. The van der Waals surface area contributed by atoms with Crippen molar-refractivity contribution in [2.45, 2.75) is 12.8 Å². The van der Waals surface area contributed by atoms with Crippen molar-refractivity contribution in [2.24, 2.45) is 0 Å². The zero-order valence-electron chi connectivity index (χ0n) is 4.28. The Morgan fingerprint density at radius 2 is 2.43 bits per heavy atom. The third kappa shape index (κ3) is 1.45. The molecule has 2 heteroatoms. The van der Waals surface area contributed by atoms with E-state index in [0.29, 0.717) is 12.6 Å². The smallest absolute Gasteiger partial charge is 0.107 e. The number of rotatable bonds is 0. The van der Waals surface area contributed by atoms with Gasteiger partial charge in [-0.05, 0) is 19.4 Å². The average molecular weight is 100 g/mol. The van der Waals surface area contributed by atoms with Crippen LogP contribution in [0.4, 0.5) is 0 Å². The fourth-order valence-electron chi connectivity index (χ4n) is 0.739. The number of nitrogens with one attached hydrogen (secondary N) is 1. The van der Waals surface area contributed by atoms with Crippen LogP contribution in [0, 0.1) is 6.10 Å². The molecule has 1 saturated heterocycles. The van der Waals surface area contributed by atoms with Crippen LogP contribution in [-0.2, 0) is 0 Å². The van der Waals surface area contributed by atoms with Crippen molar-refractivity contribution < 1.29 is 5.11 Å². The highest BCUT2D eigenvalue weighted by Crippen LogP contribution is 2.06. The molecule has 41 valence electrons. The summed E-state index contributed by atoms with van der Waals surface area (Å²) in [5, 5.41) is 11.8. The second-order valence-corrected chi connectivity index (χ2v) is 1.85. The monoisotopic (exact) mass is 100 g/mol. The predicted molar refractivity (Wildman–Crippen MR) is 27.3 cm³/mol. The second-order valence-electron chi connectivity index (χ2n) is 1.85. The van der Waals surface area contributed by atoms with Gasteiger partial charge in [0.1, 0.15) is 6.10 Å². The van der Waals surface area contributed by atoms with E-state index in [-0.39, 0.29) is 0 Å². The van der Waals surface area contributed by atoms with Gasteiger partial charge in [0.15, 0.2) is 0 Å². The molecule has 0 bridgehead atoms. The van der Waals surface area contributed by atoms with Crippen molar-refractivity contribution in [3.05, 3.63) is 6.10 Å². The van der Waals surface area contributed by atoms with Gasteiger partial charge in [0.25, 0.3) is 0 Å². The van der Waals surface area contributed by atoms with Crippen LogP contribution < -0.4 is 5.32 Å². The van der Waals surface area contributed by atoms with E-state index >= 15 is 0 Å². The molecule has 0 aromatic heterocycles. The van der Waals surface area contributed by atoms with Crippen molar-refractivity contribution in [3.63, 3.8) is 0 Å². The van der Waals surface area contributed by atoms with Gasteiger partial charge >= 0.3 is 0 Å². The Morgan fingerprint density at radius 1 is 1.57 bits per heavy atom. The first-order valence-corrected chi connectivity index (χ1v) is 2.64. The minimum atomic E-state index is 0.603. The van der Waals surface area contributed by atoms with E-state index in [9.17, 15) is 0 Å². The standard InChI is InChI=1S/C5H10NO/c7-5-2-1-3-6-4-5/h6-7H,1-4H2. The lowest BCUT2D eigenvalue weighted by molar-refractivity contribution is 0.250. The van der Waals surface area contributed by atoms with Crippen LogP contribution in [0.2, 0.25) is 0 Å². The summed E-state index contributed by atoms with van der Waals surface area (Å²) < 4.78 is 0. The largest absolute Gasteiger partial charge is 0.385 e. The zero-order chi connectivity index (χ0) is 5.11. The van der Waals surface area contributed by atoms with Crippen molar-refractivity contribution >= 4 is 0 Å². The molecule has 0 aromatic carbocycles. The predicted octanol–water partition coefficient (Wildman–Crippen LogP) is 0.274. The number of piperidine rings is 1. The summed E-state index contributed by atoms with van der Waals surface area (Å²) in [6.45, 7) is 1.77. The normalized spacial score (nSPS) is 25.3. The Hall–Kier alpha value is -0.0800. The fraction of sp³-hybridized carbons (Fsp3) is 0.800. The number of aliphatic hydroxyl groups excluding tert-OH is 1. The number of aliphatic hydroxyl groups is 1. The van der Waals surface area contributed by atoms with Gasteiger partial charge < -0.3 is 10.4 Å². The van der Waals surface area contributed by atoms with Crippen molar-refractivity contribution in [1.82, 2.24) is 5.32 Å². The molecule has 0 saturated carbocycles. The van der Waals surface area contributed by atoms with Gasteiger partial charge in [-0.3, -0.25) is 0 Å². The Bertz CT molecular complexity index is 50.0. The van der Waals surface area contributed by atoms with Crippen LogP contribution >= 0.6 is 0 Å². The molecule has 0 amide bonds. The van der Waals surface area contributed by atoms with Crippen molar-refractivity contribution in [3.8, 4) is 0 Å². The summed E-state index contributed by atoms with van der Waals surface area (Å²) in [4.78, 5) is 0. The Morgan fingerprint density at radius 3 is 2.71 bits per heavy atom. The fourth-order valence-corrected chi connectivity index (χ4v) is 0.739. The summed E-state index contributed by atoms with van der Waals surface area (Å²) in [6.07, 6.45) is 2.59. The van der Waals surface area contributed by atoms with Crippen molar-refractivity contribution in [1.29, 1.82) is 0 Å². The Labute approximate surface area is 43.5 Å². The summed E-state index contributed by atoms with van der Waals surface area (Å²) >= 11 is 0. The van der Waals surface area contributed by atoms with E-state index in [1.54, 1.807) is 0 Å². The van der Waals surface area contributed by atoms with Crippen LogP contribution in [0.1, 0.15) is 12.8 Å². The quantitative estimate of drug-likeness (QED) is 0.458. The second kappa shape index (κ2) is 2.28. The maximum absolute atomic E-state index is 8.76. The summed E-state index contributed by atoms with van der Waals surface area (Å²) in [6, 6.07) is 0. The first-order chi connectivity index (χ1) is 3.39. The third-order valence-electron chi connectivity index (χ3n) is 1.15. The molecule has 1 rings (SSSR count). The highest BCUT2D eigenvalue weighted by atomic mass is 16.3. The van der Waals surface area contributed by atoms with Crippen LogP contribution in [0.5, 0.6) is 0 Å². The molecule has 7 heavy (non-hydrogen) atoms. The molecular weight excluding hydrogens is 90.1 g/mol. The van der Waals surface area contributed by atoms with Gasteiger partial charge in [-0.25, -0.2) is 0 Å². The van der Waals surface area contributed by atoms with Gasteiger partial charge in [-0.15, -0.1) is 0 Å². The molecule has 0 spiro atoms. The number of hydrogen-bond acceptors (Lipinski definition) is 2. The van der Waals surface area contributed by atoms with Gasteiger partial charge in [0.05, 0.1) is 0 Å². The molecule has 0 atom stereocenters. The van der Waals surface area contributed by atoms with E-state index in [2.05, 4.69) is 5.32 Å². The molecule has 0 aliphatic carbocycles. The van der Waals surface area contributed by atoms with E-state index in [4.69, 9.17) is 5.11 Å². The van der Waals surface area contributed by atoms with E-state index in [0.717, 1.165) is 19.4 Å². The molecule has 1 aliphatic heterocycles. The van der Waals surface area contributed by atoms with Gasteiger partial charge in [-0.1, -0.05) is 0 Å². The van der Waals surface area contributed by atoms with Crippen LogP contribution in [0.25, 0.3) is 0 Å². The highest BCUT2D eigenvalue weighted by molar-refractivity contribution is 4.82. The molecule has 1 radical (unpaired) electrons. The maximum Gasteiger partial charge on any atom is 0.107 e. The minimum absolute atomic E-state index is 0.603. The van der Waals surface area contributed by atoms with Gasteiger partial charge in [0.2, 0.25) is 0 Å². The van der Waals surface area contributed by atoms with Gasteiger partial charge in [0, 0.05) is 6.54 Å². The maximum atomic E-state index is 8.76. The first-order valence-electron chi connectivity index (χ1n) is 2.64.